The van der Waals surface area contributed by atoms with Crippen molar-refractivity contribution in [3.05, 3.63) is 0 Å². The van der Waals surface area contributed by atoms with Crippen molar-refractivity contribution in [3.63, 3.8) is 0 Å². The van der Waals surface area contributed by atoms with Gasteiger partial charge in [0, 0.05) is 19.6 Å². The molecule has 0 aliphatic heterocycles. The lowest BCUT2D eigenvalue weighted by Gasteiger charge is -2.32. The maximum atomic E-state index is 5.85. The number of rotatable bonds is 13. The third-order valence-electron chi connectivity index (χ3n) is 3.25. The van der Waals surface area contributed by atoms with Crippen molar-refractivity contribution < 1.29 is 9.47 Å². The molecule has 0 aromatic carbocycles. The van der Waals surface area contributed by atoms with Crippen LogP contribution in [0.2, 0.25) is 0 Å². The zero-order chi connectivity index (χ0) is 13.7. The highest BCUT2D eigenvalue weighted by Gasteiger charge is 2.28. The second-order valence-corrected chi connectivity index (χ2v) is 6.00. The summed E-state index contributed by atoms with van der Waals surface area (Å²) in [6, 6.07) is 0. The van der Waals surface area contributed by atoms with E-state index >= 15 is 0 Å². The fourth-order valence-electron chi connectivity index (χ4n) is 2.24. The van der Waals surface area contributed by atoms with E-state index in [-0.39, 0.29) is 5.53 Å². The number of hydrogen-bond donors (Lipinski definition) is 0. The summed E-state index contributed by atoms with van der Waals surface area (Å²) in [6.45, 7) is 10.1. The molecule has 1 atom stereocenters. The molecule has 0 fully saturated rings. The van der Waals surface area contributed by atoms with Crippen LogP contribution in [0.3, 0.4) is 0 Å². The highest BCUT2D eigenvalue weighted by Crippen LogP contribution is 2.36. The fourth-order valence-corrected chi connectivity index (χ4v) is 3.24. The van der Waals surface area contributed by atoms with Gasteiger partial charge in [0.15, 0.2) is 5.53 Å². The van der Waals surface area contributed by atoms with Gasteiger partial charge in [-0.05, 0) is 26.9 Å². The van der Waals surface area contributed by atoms with E-state index < -0.39 is 0 Å². The Morgan fingerprint density at radius 1 is 0.778 bits per heavy atom. The summed E-state index contributed by atoms with van der Waals surface area (Å²) in [6.07, 6.45) is 10.5. The van der Waals surface area contributed by atoms with Crippen molar-refractivity contribution in [3.8, 4) is 0 Å². The van der Waals surface area contributed by atoms with Crippen LogP contribution in [0.25, 0.3) is 0 Å². The van der Waals surface area contributed by atoms with Gasteiger partial charge in [-0.1, -0.05) is 54.0 Å². The minimum atomic E-state index is -0.285. The van der Waals surface area contributed by atoms with Gasteiger partial charge in [0.1, 0.15) is 0 Å². The smallest absolute Gasteiger partial charge is 0.183 e. The molecular weight excluding hydrogens is 243 g/mol. The van der Waals surface area contributed by atoms with Gasteiger partial charge in [-0.3, -0.25) is 0 Å². The molecule has 0 amide bonds. The molecule has 0 bridgehead atoms. The second-order valence-electron chi connectivity index (χ2n) is 4.74. The van der Waals surface area contributed by atoms with Crippen LogP contribution in [0.4, 0.5) is 0 Å². The molecular formula is C15H33O2P. The van der Waals surface area contributed by atoms with Gasteiger partial charge in [0.25, 0.3) is 0 Å². The summed E-state index contributed by atoms with van der Waals surface area (Å²) in [5.41, 5.74) is -0.285. The first-order valence-electron chi connectivity index (χ1n) is 7.71. The summed E-state index contributed by atoms with van der Waals surface area (Å²) < 4.78 is 11.7. The number of ether oxygens (including phenoxy) is 2. The number of unbranched alkanes of at least 4 members (excludes halogenated alkanes) is 6. The topological polar surface area (TPSA) is 18.5 Å². The Labute approximate surface area is 116 Å². The molecule has 0 aromatic rings. The molecule has 0 heterocycles. The van der Waals surface area contributed by atoms with Crippen LogP contribution in [-0.2, 0) is 9.47 Å². The van der Waals surface area contributed by atoms with Crippen LogP contribution in [-0.4, -0.2) is 25.4 Å². The Hall–Kier alpha value is 0.350. The van der Waals surface area contributed by atoms with Crippen LogP contribution in [0, 0.1) is 0 Å². The predicted octanol–water partition coefficient (Wildman–Crippen LogP) is 5.16. The van der Waals surface area contributed by atoms with E-state index in [0.717, 1.165) is 19.6 Å². The SMILES string of the molecule is CCCCCCCCCC(OCC)(OCC)PC. The molecule has 0 aliphatic carbocycles. The maximum Gasteiger partial charge on any atom is 0.183 e. The van der Waals surface area contributed by atoms with E-state index in [1.165, 1.54) is 44.9 Å². The molecule has 110 valence electrons. The molecule has 0 saturated carbocycles. The lowest BCUT2D eigenvalue weighted by Crippen LogP contribution is -2.31. The normalized spacial score (nSPS) is 12.7. The lowest BCUT2D eigenvalue weighted by molar-refractivity contribution is -0.172. The average Bonchev–Trinajstić information content (AvgIpc) is 2.38. The Morgan fingerprint density at radius 2 is 1.28 bits per heavy atom. The Balaban J connectivity index is 3.75. The van der Waals surface area contributed by atoms with Crippen LogP contribution in [0.15, 0.2) is 0 Å². The molecule has 0 aromatic heterocycles. The molecule has 0 rings (SSSR count). The fraction of sp³-hybridized carbons (Fsp3) is 1.00. The van der Waals surface area contributed by atoms with Gasteiger partial charge >= 0.3 is 0 Å². The lowest BCUT2D eigenvalue weighted by atomic mass is 10.1. The van der Waals surface area contributed by atoms with E-state index in [1.807, 2.05) is 0 Å². The molecule has 0 saturated heterocycles. The van der Waals surface area contributed by atoms with Gasteiger partial charge in [0.05, 0.1) is 0 Å². The Kier molecular flexibility index (Phi) is 12.6. The van der Waals surface area contributed by atoms with Crippen molar-refractivity contribution >= 4 is 8.58 Å². The van der Waals surface area contributed by atoms with E-state index in [9.17, 15) is 0 Å². The van der Waals surface area contributed by atoms with E-state index in [1.54, 1.807) is 0 Å². The summed E-state index contributed by atoms with van der Waals surface area (Å²) in [5.74, 6) is 0. The van der Waals surface area contributed by atoms with Crippen LogP contribution < -0.4 is 0 Å². The molecule has 18 heavy (non-hydrogen) atoms. The first-order valence-corrected chi connectivity index (χ1v) is 9.21. The van der Waals surface area contributed by atoms with Crippen molar-refractivity contribution in [2.75, 3.05) is 19.9 Å². The quantitative estimate of drug-likeness (QED) is 0.263. The highest BCUT2D eigenvalue weighted by atomic mass is 31.1. The highest BCUT2D eigenvalue weighted by molar-refractivity contribution is 7.38. The molecule has 0 radical (unpaired) electrons. The van der Waals surface area contributed by atoms with Crippen molar-refractivity contribution in [1.29, 1.82) is 0 Å². The van der Waals surface area contributed by atoms with Crippen molar-refractivity contribution in [2.24, 2.45) is 0 Å². The monoisotopic (exact) mass is 276 g/mol. The van der Waals surface area contributed by atoms with Gasteiger partial charge < -0.3 is 9.47 Å². The van der Waals surface area contributed by atoms with Gasteiger partial charge in [0.2, 0.25) is 0 Å². The summed E-state index contributed by atoms with van der Waals surface area (Å²) in [7, 11) is 0.701. The van der Waals surface area contributed by atoms with Gasteiger partial charge in [-0.15, -0.1) is 0 Å². The molecule has 0 N–H and O–H groups in total. The third kappa shape index (κ3) is 8.45. The van der Waals surface area contributed by atoms with Crippen molar-refractivity contribution in [1.82, 2.24) is 0 Å². The van der Waals surface area contributed by atoms with Gasteiger partial charge in [-0.2, -0.15) is 0 Å². The second kappa shape index (κ2) is 12.4. The molecule has 0 spiro atoms. The largest absolute Gasteiger partial charge is 0.347 e. The molecule has 0 aliphatic rings. The summed E-state index contributed by atoms with van der Waals surface area (Å²) in [4.78, 5) is 0. The Bertz CT molecular complexity index is 168. The van der Waals surface area contributed by atoms with Crippen LogP contribution in [0.1, 0.15) is 72.1 Å². The predicted molar refractivity (Wildman–Crippen MR) is 82.8 cm³/mol. The zero-order valence-corrected chi connectivity index (χ0v) is 13.9. The molecule has 3 heteroatoms. The zero-order valence-electron chi connectivity index (χ0n) is 12.9. The Morgan fingerprint density at radius 3 is 1.72 bits per heavy atom. The maximum absolute atomic E-state index is 5.85. The molecule has 1 unspecified atom stereocenters. The van der Waals surface area contributed by atoms with Crippen LogP contribution in [0.5, 0.6) is 0 Å². The standard InChI is InChI=1S/C15H33O2P/c1-5-8-9-10-11-12-13-14-15(18-4,16-6-2)17-7-3/h18H,5-14H2,1-4H3. The van der Waals surface area contributed by atoms with E-state index in [0.29, 0.717) is 8.58 Å². The number of hydrogen-bond acceptors (Lipinski definition) is 2. The van der Waals surface area contributed by atoms with Gasteiger partial charge in [-0.25, -0.2) is 0 Å². The summed E-state index contributed by atoms with van der Waals surface area (Å²) in [5, 5.41) is 0. The average molecular weight is 276 g/mol. The minimum absolute atomic E-state index is 0.285. The summed E-state index contributed by atoms with van der Waals surface area (Å²) >= 11 is 0. The van der Waals surface area contributed by atoms with Crippen molar-refractivity contribution in [2.45, 2.75) is 77.7 Å². The van der Waals surface area contributed by atoms with E-state index in [2.05, 4.69) is 27.4 Å². The first kappa shape index (κ1) is 18.4. The van der Waals surface area contributed by atoms with E-state index in [4.69, 9.17) is 9.47 Å². The third-order valence-corrected chi connectivity index (χ3v) is 4.55. The minimum Gasteiger partial charge on any atom is -0.347 e. The molecule has 2 nitrogen and oxygen atoms in total. The first-order chi connectivity index (χ1) is 8.74. The van der Waals surface area contributed by atoms with Crippen LogP contribution >= 0.6 is 8.58 Å².